The lowest BCUT2D eigenvalue weighted by molar-refractivity contribution is 0.389. The van der Waals surface area contributed by atoms with Gasteiger partial charge in [-0.3, -0.25) is 0 Å². The highest BCUT2D eigenvalue weighted by Gasteiger charge is 2.22. The molecule has 1 fully saturated rings. The van der Waals surface area contributed by atoms with Gasteiger partial charge in [0.1, 0.15) is 0 Å². The average Bonchev–Trinajstić information content (AvgIpc) is 2.16. The predicted octanol–water partition coefficient (Wildman–Crippen LogP) is 3.40. The van der Waals surface area contributed by atoms with Crippen LogP contribution in [-0.4, -0.2) is 18.2 Å². The van der Waals surface area contributed by atoms with E-state index in [9.17, 15) is 0 Å². The van der Waals surface area contributed by atoms with E-state index in [0.29, 0.717) is 5.41 Å². The summed E-state index contributed by atoms with van der Waals surface area (Å²) in [5, 5.41) is 0. The molecule has 0 spiro atoms. The van der Waals surface area contributed by atoms with Crippen molar-refractivity contribution < 1.29 is 0 Å². The van der Waals surface area contributed by atoms with Gasteiger partial charge in [0.15, 0.2) is 0 Å². The summed E-state index contributed by atoms with van der Waals surface area (Å²) in [4.78, 5) is 0. The van der Waals surface area contributed by atoms with E-state index in [1.165, 1.54) is 19.3 Å². The maximum atomic E-state index is 4.90. The molecule has 1 radical (unpaired) electrons. The van der Waals surface area contributed by atoms with Crippen LogP contribution in [0.25, 0.3) is 0 Å². The van der Waals surface area contributed by atoms with Crippen molar-refractivity contribution in [3.05, 3.63) is 6.42 Å². The largest absolute Gasteiger partial charge is 0.618 e. The molecular weight excluding hydrogens is 179 g/mol. The standard InChI is InChI=1S/C7H13.2ClH.Mg/c1-7(2)5-3-4-6-7;;;/h3H,4-6H2,1-2H3;2*1H;/q;;;+2/p-2. The van der Waals surface area contributed by atoms with Gasteiger partial charge in [0.25, 0.3) is 0 Å². The summed E-state index contributed by atoms with van der Waals surface area (Å²) in [7, 11) is 9.81. The van der Waals surface area contributed by atoms with Crippen LogP contribution in [0, 0.1) is 11.8 Å². The lowest BCUT2D eigenvalue weighted by atomic mass is 9.92. The number of hydrogen-bond acceptors (Lipinski definition) is 0. The van der Waals surface area contributed by atoms with Crippen molar-refractivity contribution in [2.45, 2.75) is 33.1 Å². The van der Waals surface area contributed by atoms with Gasteiger partial charge < -0.3 is 18.1 Å². The fourth-order valence-corrected chi connectivity index (χ4v) is 1.09. The van der Waals surface area contributed by atoms with Crippen LogP contribution < -0.4 is 0 Å². The minimum Gasteiger partial charge on any atom is -0.309 e. The summed E-state index contributed by atoms with van der Waals surface area (Å²) in [6.07, 6.45) is 6.45. The van der Waals surface area contributed by atoms with Gasteiger partial charge in [-0.1, -0.05) is 13.8 Å². The smallest absolute Gasteiger partial charge is 0.309 e. The van der Waals surface area contributed by atoms with Crippen molar-refractivity contribution in [3.63, 3.8) is 0 Å². The average molecular weight is 192 g/mol. The van der Waals surface area contributed by atoms with Gasteiger partial charge in [-0.15, -0.1) is 0 Å². The van der Waals surface area contributed by atoms with Crippen LogP contribution in [0.1, 0.15) is 33.1 Å². The van der Waals surface area contributed by atoms with Gasteiger partial charge >= 0.3 is 18.2 Å². The Kier molecular flexibility index (Phi) is 6.73. The quantitative estimate of drug-likeness (QED) is 0.516. The van der Waals surface area contributed by atoms with Crippen LogP contribution in [0.2, 0.25) is 0 Å². The monoisotopic (exact) mass is 191 g/mol. The first-order valence-corrected chi connectivity index (χ1v) is 7.83. The molecule has 10 heavy (non-hydrogen) atoms. The molecule has 1 rings (SSSR count). The molecule has 0 nitrogen and oxygen atoms in total. The Morgan fingerprint density at radius 1 is 1.40 bits per heavy atom. The first-order valence-electron chi connectivity index (χ1n) is 3.56. The molecule has 0 aliphatic heterocycles. The highest BCUT2D eigenvalue weighted by atomic mass is 35.6. The molecule has 57 valence electrons. The van der Waals surface area contributed by atoms with Gasteiger partial charge in [0.05, 0.1) is 0 Å². The molecule has 0 N–H and O–H groups in total. The number of rotatable bonds is 0. The summed E-state index contributed by atoms with van der Waals surface area (Å²) < 4.78 is 0. The Morgan fingerprint density at radius 2 is 1.90 bits per heavy atom. The minimum atomic E-state index is -0.639. The summed E-state index contributed by atoms with van der Waals surface area (Å²) in [5.74, 6) is 0. The topological polar surface area (TPSA) is 0 Å². The molecule has 0 bridgehead atoms. The van der Waals surface area contributed by atoms with Gasteiger partial charge in [0.2, 0.25) is 0 Å². The van der Waals surface area contributed by atoms with E-state index in [1.54, 1.807) is 0 Å². The van der Waals surface area contributed by atoms with Crippen molar-refractivity contribution in [3.8, 4) is 0 Å². The van der Waals surface area contributed by atoms with E-state index in [0.717, 1.165) is 0 Å². The number of hydrogen-bond donors (Lipinski definition) is 0. The molecule has 0 saturated heterocycles. The van der Waals surface area contributed by atoms with Crippen molar-refractivity contribution in [2.75, 3.05) is 0 Å². The van der Waals surface area contributed by atoms with E-state index in [2.05, 4.69) is 20.3 Å². The third-order valence-corrected chi connectivity index (χ3v) is 1.72. The molecule has 3 heteroatoms. The Morgan fingerprint density at radius 3 is 2.00 bits per heavy atom. The summed E-state index contributed by atoms with van der Waals surface area (Å²) in [5.41, 5.74) is 0.639. The van der Waals surface area contributed by atoms with Gasteiger partial charge in [0, 0.05) is 0 Å². The van der Waals surface area contributed by atoms with Crippen molar-refractivity contribution >= 4 is 36.3 Å². The van der Waals surface area contributed by atoms with E-state index in [-0.39, 0.29) is 0 Å². The lowest BCUT2D eigenvalue weighted by Gasteiger charge is -2.13. The predicted molar refractivity (Wildman–Crippen MR) is 49.4 cm³/mol. The zero-order chi connectivity index (χ0) is 8.04. The van der Waals surface area contributed by atoms with Crippen molar-refractivity contribution in [2.24, 2.45) is 5.41 Å². The molecule has 0 atom stereocenters. The second-order valence-corrected chi connectivity index (χ2v) is 5.92. The molecule has 0 amide bonds. The molecule has 0 unspecified atom stereocenters. The molecular formula is C7H13Cl2Mg. The van der Waals surface area contributed by atoms with Crippen LogP contribution >= 0.6 is 18.1 Å². The third kappa shape index (κ3) is 6.08. The van der Waals surface area contributed by atoms with Crippen LogP contribution in [0.3, 0.4) is 0 Å². The molecule has 1 saturated carbocycles. The van der Waals surface area contributed by atoms with E-state index >= 15 is 0 Å². The van der Waals surface area contributed by atoms with E-state index in [1.807, 2.05) is 0 Å². The highest BCUT2D eigenvalue weighted by molar-refractivity contribution is 7.22. The first kappa shape index (κ1) is 11.3. The fraction of sp³-hybridized carbons (Fsp3) is 0.857. The minimum absolute atomic E-state index is 0.639. The summed E-state index contributed by atoms with van der Waals surface area (Å²) in [6.45, 7) is 4.66. The van der Waals surface area contributed by atoms with E-state index in [4.69, 9.17) is 18.1 Å². The van der Waals surface area contributed by atoms with Crippen LogP contribution in [0.5, 0.6) is 0 Å². The van der Waals surface area contributed by atoms with Crippen LogP contribution in [0.4, 0.5) is 0 Å². The second kappa shape index (κ2) is 5.93. The molecule has 0 aromatic heterocycles. The maximum Gasteiger partial charge on any atom is 0.618 e. The molecule has 1 aliphatic rings. The zero-order valence-corrected chi connectivity index (χ0v) is 9.59. The molecule has 0 aromatic rings. The maximum absolute atomic E-state index is 4.90. The fourth-order valence-electron chi connectivity index (χ4n) is 1.09. The number of halogens is 2. The Hall–Kier alpha value is 1.35. The van der Waals surface area contributed by atoms with Crippen LogP contribution in [-0.2, 0) is 0 Å². The van der Waals surface area contributed by atoms with Crippen molar-refractivity contribution in [1.29, 1.82) is 0 Å². The van der Waals surface area contributed by atoms with Crippen LogP contribution in [0.15, 0.2) is 0 Å². The highest BCUT2D eigenvalue weighted by Crippen LogP contribution is 2.35. The molecule has 0 aromatic carbocycles. The van der Waals surface area contributed by atoms with E-state index < -0.39 is 18.2 Å². The summed E-state index contributed by atoms with van der Waals surface area (Å²) in [6, 6.07) is 0. The molecule has 0 heterocycles. The molecule has 1 aliphatic carbocycles. The zero-order valence-electron chi connectivity index (χ0n) is 6.66. The van der Waals surface area contributed by atoms with Crippen molar-refractivity contribution in [1.82, 2.24) is 0 Å². The first-order chi connectivity index (χ1) is 4.62. The SMILES string of the molecule is CC1(C)C[CH]CC1.[Cl][Mg][Cl]. The lowest BCUT2D eigenvalue weighted by Crippen LogP contribution is -2.01. The Labute approximate surface area is 80.9 Å². The van der Waals surface area contributed by atoms with Gasteiger partial charge in [-0.25, -0.2) is 0 Å². The normalized spacial score (nSPS) is 20.8. The Balaban J connectivity index is 0.000000236. The van der Waals surface area contributed by atoms with Gasteiger partial charge in [-0.2, -0.15) is 0 Å². The van der Waals surface area contributed by atoms with Gasteiger partial charge in [-0.05, 0) is 31.1 Å². The third-order valence-electron chi connectivity index (χ3n) is 1.72. The second-order valence-electron chi connectivity index (χ2n) is 3.30. The summed E-state index contributed by atoms with van der Waals surface area (Å²) >= 11 is -0.639. The Bertz CT molecular complexity index is 75.7.